The van der Waals surface area contributed by atoms with Crippen LogP contribution < -0.4 is 14.4 Å². The van der Waals surface area contributed by atoms with Crippen LogP contribution in [-0.2, 0) is 11.2 Å². The summed E-state index contributed by atoms with van der Waals surface area (Å²) in [5, 5.41) is 8.98. The molecule has 1 aromatic carbocycles. The lowest BCUT2D eigenvalue weighted by atomic mass is 9.93. The van der Waals surface area contributed by atoms with Crippen LogP contribution in [0.25, 0.3) is 0 Å². The molecule has 1 unspecified atom stereocenters. The normalized spacial score (nSPS) is 17.8. The van der Waals surface area contributed by atoms with Crippen LogP contribution in [-0.4, -0.2) is 38.4 Å². The largest absolute Gasteiger partial charge is 0.496 e. The zero-order valence-electron chi connectivity index (χ0n) is 11.5. The Morgan fingerprint density at radius 3 is 2.58 bits per heavy atom. The van der Waals surface area contributed by atoms with Gasteiger partial charge in [0, 0.05) is 18.7 Å². The van der Waals surface area contributed by atoms with Crippen LogP contribution in [0, 0.1) is 0 Å². The standard InChI is InChI=1S/C14H19NO4/c1-15-9(8-13(16)17)4-5-10-11(18-2)6-7-12(19-3)14(10)15/h6-7,9H,4-5,8H2,1-3H3,(H,16,17). The summed E-state index contributed by atoms with van der Waals surface area (Å²) in [7, 11) is 5.18. The van der Waals surface area contributed by atoms with Gasteiger partial charge in [0.15, 0.2) is 0 Å². The average molecular weight is 265 g/mol. The van der Waals surface area contributed by atoms with E-state index in [1.165, 1.54) is 0 Å². The summed E-state index contributed by atoms with van der Waals surface area (Å²) in [5.74, 6) is 0.812. The molecule has 5 heteroatoms. The molecule has 0 fully saturated rings. The Kier molecular flexibility index (Phi) is 3.83. The first kappa shape index (κ1) is 13.5. The van der Waals surface area contributed by atoms with Crippen LogP contribution in [0.3, 0.4) is 0 Å². The number of fused-ring (bicyclic) bond motifs is 1. The molecule has 104 valence electrons. The molecular formula is C14H19NO4. The third-order valence-corrected chi connectivity index (χ3v) is 3.68. The van der Waals surface area contributed by atoms with Crippen LogP contribution in [0.4, 0.5) is 5.69 Å². The maximum Gasteiger partial charge on any atom is 0.305 e. The van der Waals surface area contributed by atoms with Gasteiger partial charge in [-0.05, 0) is 25.0 Å². The van der Waals surface area contributed by atoms with Crippen molar-refractivity contribution in [2.24, 2.45) is 0 Å². The summed E-state index contributed by atoms with van der Waals surface area (Å²) in [6, 6.07) is 3.74. The Hall–Kier alpha value is -1.91. The number of hydrogen-bond acceptors (Lipinski definition) is 4. The highest BCUT2D eigenvalue weighted by molar-refractivity contribution is 5.73. The van der Waals surface area contributed by atoms with Crippen molar-refractivity contribution in [1.82, 2.24) is 0 Å². The Bertz CT molecular complexity index is 487. The van der Waals surface area contributed by atoms with Crippen molar-refractivity contribution in [3.05, 3.63) is 17.7 Å². The Morgan fingerprint density at radius 2 is 2.00 bits per heavy atom. The number of rotatable bonds is 4. The van der Waals surface area contributed by atoms with Gasteiger partial charge in [0.05, 0.1) is 26.3 Å². The van der Waals surface area contributed by atoms with E-state index >= 15 is 0 Å². The molecule has 0 bridgehead atoms. The summed E-state index contributed by atoms with van der Waals surface area (Å²) >= 11 is 0. The second kappa shape index (κ2) is 5.38. The summed E-state index contributed by atoms with van der Waals surface area (Å²) in [6.45, 7) is 0. The highest BCUT2D eigenvalue weighted by Gasteiger charge is 2.29. The quantitative estimate of drug-likeness (QED) is 0.901. The third kappa shape index (κ3) is 2.45. The Balaban J connectivity index is 2.43. The van der Waals surface area contributed by atoms with E-state index in [0.717, 1.165) is 35.6 Å². The van der Waals surface area contributed by atoms with Crippen molar-refractivity contribution in [1.29, 1.82) is 0 Å². The van der Waals surface area contributed by atoms with Gasteiger partial charge >= 0.3 is 5.97 Å². The van der Waals surface area contributed by atoms with Gasteiger partial charge in [-0.15, -0.1) is 0 Å². The van der Waals surface area contributed by atoms with Crippen LogP contribution in [0.15, 0.2) is 12.1 Å². The van der Waals surface area contributed by atoms with E-state index in [1.54, 1.807) is 14.2 Å². The van der Waals surface area contributed by atoms with E-state index in [4.69, 9.17) is 14.6 Å². The minimum Gasteiger partial charge on any atom is -0.496 e. The van der Waals surface area contributed by atoms with E-state index in [-0.39, 0.29) is 12.5 Å². The molecule has 1 atom stereocenters. The maximum absolute atomic E-state index is 10.9. The minimum absolute atomic E-state index is 0.00833. The molecule has 0 amide bonds. The van der Waals surface area contributed by atoms with Crippen molar-refractivity contribution in [2.45, 2.75) is 25.3 Å². The number of carboxylic acids is 1. The zero-order valence-corrected chi connectivity index (χ0v) is 11.5. The molecule has 19 heavy (non-hydrogen) atoms. The SMILES string of the molecule is COc1ccc(OC)c2c1CCC(CC(=O)O)N2C. The number of ether oxygens (including phenoxy) is 2. The maximum atomic E-state index is 10.9. The lowest BCUT2D eigenvalue weighted by molar-refractivity contribution is -0.137. The van der Waals surface area contributed by atoms with Gasteiger partial charge in [-0.2, -0.15) is 0 Å². The van der Waals surface area contributed by atoms with Gasteiger partial charge in [-0.25, -0.2) is 0 Å². The molecule has 0 aliphatic carbocycles. The summed E-state index contributed by atoms with van der Waals surface area (Å²) in [6.07, 6.45) is 1.74. The molecule has 0 aromatic heterocycles. The zero-order chi connectivity index (χ0) is 14.0. The highest BCUT2D eigenvalue weighted by Crippen LogP contribution is 2.43. The van der Waals surface area contributed by atoms with Crippen molar-refractivity contribution in [3.63, 3.8) is 0 Å². The van der Waals surface area contributed by atoms with Crippen LogP contribution >= 0.6 is 0 Å². The summed E-state index contributed by atoms with van der Waals surface area (Å²) < 4.78 is 10.8. The van der Waals surface area contributed by atoms with E-state index in [1.807, 2.05) is 24.1 Å². The fourth-order valence-electron chi connectivity index (χ4n) is 2.71. The predicted molar refractivity (Wildman–Crippen MR) is 72.3 cm³/mol. The van der Waals surface area contributed by atoms with Crippen molar-refractivity contribution in [2.75, 3.05) is 26.2 Å². The summed E-state index contributed by atoms with van der Waals surface area (Å²) in [5.41, 5.74) is 2.03. The molecule has 1 N–H and O–H groups in total. The lowest BCUT2D eigenvalue weighted by Crippen LogP contribution is -2.38. The van der Waals surface area contributed by atoms with Gasteiger partial charge in [0.1, 0.15) is 11.5 Å². The molecule has 1 aliphatic rings. The number of aliphatic carboxylic acids is 1. The molecule has 0 radical (unpaired) electrons. The number of carbonyl (C=O) groups is 1. The molecule has 0 spiro atoms. The van der Waals surface area contributed by atoms with Crippen LogP contribution in [0.2, 0.25) is 0 Å². The van der Waals surface area contributed by atoms with Gasteiger partial charge < -0.3 is 19.5 Å². The van der Waals surface area contributed by atoms with E-state index < -0.39 is 5.97 Å². The highest BCUT2D eigenvalue weighted by atomic mass is 16.5. The first-order valence-corrected chi connectivity index (χ1v) is 6.27. The molecule has 1 aliphatic heterocycles. The van der Waals surface area contributed by atoms with E-state index in [0.29, 0.717) is 0 Å². The molecule has 0 saturated carbocycles. The van der Waals surface area contributed by atoms with Crippen molar-refractivity contribution in [3.8, 4) is 11.5 Å². The number of methoxy groups -OCH3 is 2. The Morgan fingerprint density at radius 1 is 1.37 bits per heavy atom. The predicted octanol–water partition coefficient (Wildman–Crippen LogP) is 1.93. The first-order valence-electron chi connectivity index (χ1n) is 6.27. The molecule has 1 aromatic rings. The lowest BCUT2D eigenvalue weighted by Gasteiger charge is -2.36. The topological polar surface area (TPSA) is 59.0 Å². The third-order valence-electron chi connectivity index (χ3n) is 3.68. The fourth-order valence-corrected chi connectivity index (χ4v) is 2.71. The minimum atomic E-state index is -0.776. The second-order valence-electron chi connectivity index (χ2n) is 4.70. The molecule has 5 nitrogen and oxygen atoms in total. The number of nitrogens with zero attached hydrogens (tertiary/aromatic N) is 1. The van der Waals surface area contributed by atoms with Gasteiger partial charge in [-0.3, -0.25) is 4.79 Å². The van der Waals surface area contributed by atoms with Crippen LogP contribution in [0.5, 0.6) is 11.5 Å². The summed E-state index contributed by atoms with van der Waals surface area (Å²) in [4.78, 5) is 12.9. The van der Waals surface area contributed by atoms with Gasteiger partial charge in [0.25, 0.3) is 0 Å². The number of benzene rings is 1. The monoisotopic (exact) mass is 265 g/mol. The average Bonchev–Trinajstić information content (AvgIpc) is 2.40. The smallest absolute Gasteiger partial charge is 0.305 e. The van der Waals surface area contributed by atoms with E-state index in [9.17, 15) is 4.79 Å². The first-order chi connectivity index (χ1) is 9.08. The van der Waals surface area contributed by atoms with Crippen LogP contribution in [0.1, 0.15) is 18.4 Å². The second-order valence-corrected chi connectivity index (χ2v) is 4.70. The molecular weight excluding hydrogens is 246 g/mol. The Labute approximate surface area is 112 Å². The van der Waals surface area contributed by atoms with E-state index in [2.05, 4.69) is 0 Å². The van der Waals surface area contributed by atoms with Gasteiger partial charge in [-0.1, -0.05) is 0 Å². The molecule has 1 heterocycles. The van der Waals surface area contributed by atoms with Crippen molar-refractivity contribution >= 4 is 11.7 Å². The number of anilines is 1. The molecule has 2 rings (SSSR count). The van der Waals surface area contributed by atoms with Crippen molar-refractivity contribution < 1.29 is 19.4 Å². The molecule has 0 saturated heterocycles. The number of hydrogen-bond donors (Lipinski definition) is 1. The van der Waals surface area contributed by atoms with Gasteiger partial charge in [0.2, 0.25) is 0 Å². The number of carboxylic acid groups (broad SMARTS) is 1. The fraction of sp³-hybridized carbons (Fsp3) is 0.500.